The van der Waals surface area contributed by atoms with Gasteiger partial charge < -0.3 is 5.11 Å². The first kappa shape index (κ1) is 10.0. The maximum absolute atomic E-state index is 13.3. The highest BCUT2D eigenvalue weighted by molar-refractivity contribution is 9.10. The van der Waals surface area contributed by atoms with Crippen molar-refractivity contribution in [3.05, 3.63) is 0 Å². The summed E-state index contributed by atoms with van der Waals surface area (Å²) >= 11 is 14.1. The van der Waals surface area contributed by atoms with Crippen molar-refractivity contribution in [1.29, 1.82) is 0 Å². The summed E-state index contributed by atoms with van der Waals surface area (Å²) in [5, 5.41) is 9.28. The standard InChI is InChI=1S/C6H8BrCl2FO/c7-5(10)2-1-3-6(8,9)4(5)11/h4,11H,1-3H2/t4-,5+/m0/s1. The van der Waals surface area contributed by atoms with Crippen molar-refractivity contribution in [3.63, 3.8) is 0 Å². The average Bonchev–Trinajstić information content (AvgIpc) is 1.82. The molecule has 1 aliphatic carbocycles. The molecule has 0 heterocycles. The fourth-order valence-corrected chi connectivity index (χ4v) is 2.69. The Labute approximate surface area is 83.0 Å². The van der Waals surface area contributed by atoms with Crippen molar-refractivity contribution in [1.82, 2.24) is 0 Å². The molecule has 0 aromatic rings. The SMILES string of the molecule is O[C@@H]1C(Cl)(Cl)CCC[C@]1(F)Br. The van der Waals surface area contributed by atoms with Crippen molar-refractivity contribution >= 4 is 39.1 Å². The molecule has 1 N–H and O–H groups in total. The Bertz CT molecular complexity index is 147. The fourth-order valence-electron chi connectivity index (χ4n) is 1.14. The van der Waals surface area contributed by atoms with Gasteiger partial charge in [-0.05, 0) is 35.2 Å². The lowest BCUT2D eigenvalue weighted by Crippen LogP contribution is -2.48. The Morgan fingerprint density at radius 3 is 2.36 bits per heavy atom. The largest absolute Gasteiger partial charge is 0.386 e. The van der Waals surface area contributed by atoms with Crippen LogP contribution in [0.15, 0.2) is 0 Å². The molecule has 0 saturated heterocycles. The van der Waals surface area contributed by atoms with E-state index in [-0.39, 0.29) is 6.42 Å². The zero-order valence-corrected chi connectivity index (χ0v) is 8.76. The first-order valence-electron chi connectivity index (χ1n) is 3.30. The molecule has 0 unspecified atom stereocenters. The Kier molecular flexibility index (Phi) is 2.75. The highest BCUT2D eigenvalue weighted by atomic mass is 79.9. The number of hydrogen-bond donors (Lipinski definition) is 1. The molecule has 1 fully saturated rings. The zero-order chi connectivity index (χ0) is 8.70. The lowest BCUT2D eigenvalue weighted by Gasteiger charge is -2.38. The predicted molar refractivity (Wildman–Crippen MR) is 47.1 cm³/mol. The van der Waals surface area contributed by atoms with Gasteiger partial charge in [0.05, 0.1) is 0 Å². The third-order valence-corrected chi connectivity index (χ3v) is 3.44. The second kappa shape index (κ2) is 3.02. The van der Waals surface area contributed by atoms with Crippen molar-refractivity contribution in [2.75, 3.05) is 0 Å². The van der Waals surface area contributed by atoms with E-state index in [2.05, 4.69) is 15.9 Å². The van der Waals surface area contributed by atoms with Crippen LogP contribution >= 0.6 is 39.1 Å². The normalized spacial score (nSPS) is 43.9. The van der Waals surface area contributed by atoms with Gasteiger partial charge in [0.25, 0.3) is 0 Å². The number of alkyl halides is 4. The van der Waals surface area contributed by atoms with Gasteiger partial charge in [0.15, 0.2) is 4.58 Å². The lowest BCUT2D eigenvalue weighted by molar-refractivity contribution is 0.0190. The van der Waals surface area contributed by atoms with Gasteiger partial charge in [-0.2, -0.15) is 0 Å². The van der Waals surface area contributed by atoms with Gasteiger partial charge in [0, 0.05) is 0 Å². The molecule has 1 aliphatic rings. The minimum absolute atomic E-state index is 0.245. The van der Waals surface area contributed by atoms with Crippen molar-refractivity contribution < 1.29 is 9.50 Å². The summed E-state index contributed by atoms with van der Waals surface area (Å²) in [7, 11) is 0. The predicted octanol–water partition coefficient (Wildman–Crippen LogP) is 2.77. The molecular formula is C6H8BrCl2FO. The van der Waals surface area contributed by atoms with Crippen molar-refractivity contribution in [2.24, 2.45) is 0 Å². The van der Waals surface area contributed by atoms with E-state index >= 15 is 0 Å². The third kappa shape index (κ3) is 2.00. The van der Waals surface area contributed by atoms with Gasteiger partial charge in [-0.15, -0.1) is 0 Å². The topological polar surface area (TPSA) is 20.2 Å². The number of aliphatic hydroxyl groups excluding tert-OH is 1. The first-order chi connectivity index (χ1) is 4.86. The summed E-state index contributed by atoms with van der Waals surface area (Å²) in [5.74, 6) is 0. The Morgan fingerprint density at radius 1 is 1.45 bits per heavy atom. The summed E-state index contributed by atoms with van der Waals surface area (Å²) in [4.78, 5) is 0. The molecule has 11 heavy (non-hydrogen) atoms. The van der Waals surface area contributed by atoms with E-state index in [1.165, 1.54) is 0 Å². The van der Waals surface area contributed by atoms with E-state index in [0.29, 0.717) is 12.8 Å². The molecule has 0 aromatic heterocycles. The van der Waals surface area contributed by atoms with E-state index in [4.69, 9.17) is 23.2 Å². The monoisotopic (exact) mass is 264 g/mol. The quantitative estimate of drug-likeness (QED) is 0.668. The van der Waals surface area contributed by atoms with Gasteiger partial charge in [-0.25, -0.2) is 4.39 Å². The molecule has 0 radical (unpaired) electrons. The average molecular weight is 266 g/mol. The van der Waals surface area contributed by atoms with Gasteiger partial charge >= 0.3 is 0 Å². The Hall–Kier alpha value is 0.950. The Balaban J connectivity index is 2.76. The van der Waals surface area contributed by atoms with Crippen LogP contribution in [-0.2, 0) is 0 Å². The number of aliphatic hydroxyl groups is 1. The second-order valence-electron chi connectivity index (χ2n) is 2.78. The van der Waals surface area contributed by atoms with Crippen LogP contribution in [0.2, 0.25) is 0 Å². The molecule has 1 rings (SSSR count). The first-order valence-corrected chi connectivity index (χ1v) is 4.85. The van der Waals surface area contributed by atoms with Crippen LogP contribution in [-0.4, -0.2) is 20.1 Å². The van der Waals surface area contributed by atoms with Crippen LogP contribution in [0.1, 0.15) is 19.3 Å². The summed E-state index contributed by atoms with van der Waals surface area (Å²) in [6.07, 6.45) is -0.109. The van der Waals surface area contributed by atoms with E-state index in [1.54, 1.807) is 0 Å². The third-order valence-electron chi connectivity index (χ3n) is 1.82. The van der Waals surface area contributed by atoms with Crippen molar-refractivity contribution in [3.8, 4) is 0 Å². The van der Waals surface area contributed by atoms with Gasteiger partial charge in [0.2, 0.25) is 0 Å². The number of hydrogen-bond acceptors (Lipinski definition) is 1. The van der Waals surface area contributed by atoms with Gasteiger partial charge in [-0.1, -0.05) is 23.2 Å². The minimum atomic E-state index is -1.82. The maximum atomic E-state index is 13.3. The molecular weight excluding hydrogens is 258 g/mol. The smallest absolute Gasteiger partial charge is 0.193 e. The fraction of sp³-hybridized carbons (Fsp3) is 1.00. The number of rotatable bonds is 0. The molecule has 0 spiro atoms. The zero-order valence-electron chi connectivity index (χ0n) is 5.66. The van der Waals surface area contributed by atoms with Crippen molar-refractivity contribution in [2.45, 2.75) is 34.3 Å². The van der Waals surface area contributed by atoms with E-state index in [1.807, 2.05) is 0 Å². The minimum Gasteiger partial charge on any atom is -0.386 e. The number of halogens is 4. The van der Waals surface area contributed by atoms with Crippen LogP contribution in [0.3, 0.4) is 0 Å². The molecule has 0 amide bonds. The van der Waals surface area contributed by atoms with Crippen LogP contribution in [0.4, 0.5) is 4.39 Å². The maximum Gasteiger partial charge on any atom is 0.193 e. The highest BCUT2D eigenvalue weighted by Gasteiger charge is 2.51. The van der Waals surface area contributed by atoms with Crippen LogP contribution < -0.4 is 0 Å². The Morgan fingerprint density at radius 2 is 2.00 bits per heavy atom. The molecule has 0 aromatic carbocycles. The summed E-state index contributed by atoms with van der Waals surface area (Å²) in [6.45, 7) is 0. The molecule has 1 saturated carbocycles. The van der Waals surface area contributed by atoms with E-state index in [0.717, 1.165) is 0 Å². The molecule has 0 bridgehead atoms. The molecule has 0 aliphatic heterocycles. The van der Waals surface area contributed by atoms with Gasteiger partial charge in [0.1, 0.15) is 10.4 Å². The van der Waals surface area contributed by atoms with E-state index < -0.39 is 15.0 Å². The van der Waals surface area contributed by atoms with Crippen LogP contribution in [0.25, 0.3) is 0 Å². The summed E-state index contributed by atoms with van der Waals surface area (Å²) < 4.78 is 10.1. The molecule has 2 atom stereocenters. The van der Waals surface area contributed by atoms with E-state index in [9.17, 15) is 9.50 Å². The summed E-state index contributed by atoms with van der Waals surface area (Å²) in [6, 6.07) is 0. The molecule has 1 nitrogen and oxygen atoms in total. The molecule has 66 valence electrons. The highest BCUT2D eigenvalue weighted by Crippen LogP contribution is 2.47. The second-order valence-corrected chi connectivity index (χ2v) is 5.64. The lowest BCUT2D eigenvalue weighted by atomic mass is 9.95. The van der Waals surface area contributed by atoms with Gasteiger partial charge in [-0.3, -0.25) is 0 Å². The molecule has 5 heteroatoms. The summed E-state index contributed by atoms with van der Waals surface area (Å²) in [5.41, 5.74) is 0. The van der Waals surface area contributed by atoms with Crippen LogP contribution in [0, 0.1) is 0 Å². The van der Waals surface area contributed by atoms with Crippen LogP contribution in [0.5, 0.6) is 0 Å².